The lowest BCUT2D eigenvalue weighted by Gasteiger charge is -2.53. The van der Waals surface area contributed by atoms with Crippen LogP contribution in [0, 0.1) is 11.8 Å². The van der Waals surface area contributed by atoms with E-state index >= 15 is 0 Å². The van der Waals surface area contributed by atoms with E-state index in [1.165, 1.54) is 23.9 Å². The first kappa shape index (κ1) is 12.0. The summed E-state index contributed by atoms with van der Waals surface area (Å²) in [5, 5.41) is 0. The Hall–Kier alpha value is -0.0400. The van der Waals surface area contributed by atoms with Gasteiger partial charge in [-0.25, -0.2) is 0 Å². The maximum absolute atomic E-state index is 2.46. The summed E-state index contributed by atoms with van der Waals surface area (Å²) in [4.78, 5) is 0. The van der Waals surface area contributed by atoms with Gasteiger partial charge in [0.05, 0.1) is 25.7 Å². The third kappa shape index (κ3) is 1.84. The molecule has 0 bridgehead atoms. The standard InChI is InChI=1S/C13H28N/c1-7-8-14(6)11(3)9-10(2)12(4)13(14)5/h10-13H,7-9H2,1-6H3/q+1. The molecule has 0 aromatic rings. The summed E-state index contributed by atoms with van der Waals surface area (Å²) in [7, 11) is 2.46. The molecule has 84 valence electrons. The van der Waals surface area contributed by atoms with Gasteiger partial charge < -0.3 is 4.48 Å². The molecule has 1 fully saturated rings. The number of piperidine rings is 1. The van der Waals surface area contributed by atoms with Crippen LogP contribution in [-0.4, -0.2) is 30.2 Å². The number of quaternary nitrogens is 1. The average Bonchev–Trinajstić information content (AvgIpc) is 2.13. The van der Waals surface area contributed by atoms with Gasteiger partial charge in [0.15, 0.2) is 0 Å². The summed E-state index contributed by atoms with van der Waals surface area (Å²) in [5.74, 6) is 1.78. The lowest BCUT2D eigenvalue weighted by Crippen LogP contribution is -2.63. The summed E-state index contributed by atoms with van der Waals surface area (Å²) >= 11 is 0. The van der Waals surface area contributed by atoms with Crippen LogP contribution in [0.15, 0.2) is 0 Å². The van der Waals surface area contributed by atoms with Crippen molar-refractivity contribution in [2.75, 3.05) is 13.6 Å². The quantitative estimate of drug-likeness (QED) is 0.597. The van der Waals surface area contributed by atoms with Crippen LogP contribution in [0.4, 0.5) is 0 Å². The zero-order valence-corrected chi connectivity index (χ0v) is 10.9. The molecule has 5 atom stereocenters. The van der Waals surface area contributed by atoms with Crippen LogP contribution in [-0.2, 0) is 0 Å². The molecule has 5 unspecified atom stereocenters. The molecule has 14 heavy (non-hydrogen) atoms. The van der Waals surface area contributed by atoms with E-state index in [4.69, 9.17) is 0 Å². The van der Waals surface area contributed by atoms with Gasteiger partial charge in [0, 0.05) is 12.3 Å². The number of nitrogens with zero attached hydrogens (tertiary/aromatic N) is 1. The Labute approximate surface area is 90.1 Å². The molecule has 0 amide bonds. The summed E-state index contributed by atoms with van der Waals surface area (Å²) in [6.07, 6.45) is 2.72. The Morgan fingerprint density at radius 1 is 1.14 bits per heavy atom. The Morgan fingerprint density at radius 2 is 1.71 bits per heavy atom. The molecule has 1 rings (SSSR count). The molecule has 1 nitrogen and oxygen atoms in total. The van der Waals surface area contributed by atoms with E-state index in [0.717, 1.165) is 23.9 Å². The fraction of sp³-hybridized carbons (Fsp3) is 1.00. The number of likely N-dealkylation sites (tertiary alicyclic amines) is 1. The van der Waals surface area contributed by atoms with Crippen LogP contribution < -0.4 is 0 Å². The molecule has 1 aliphatic heterocycles. The highest BCUT2D eigenvalue weighted by Crippen LogP contribution is 2.37. The van der Waals surface area contributed by atoms with Gasteiger partial charge in [0.1, 0.15) is 0 Å². The molecule has 0 aromatic heterocycles. The van der Waals surface area contributed by atoms with Gasteiger partial charge in [-0.15, -0.1) is 0 Å². The maximum Gasteiger partial charge on any atom is 0.0890 e. The van der Waals surface area contributed by atoms with E-state index in [0.29, 0.717) is 0 Å². The summed E-state index contributed by atoms with van der Waals surface area (Å²) in [6, 6.07) is 1.67. The van der Waals surface area contributed by atoms with Crippen molar-refractivity contribution in [1.29, 1.82) is 0 Å². The Kier molecular flexibility index (Phi) is 3.63. The highest BCUT2D eigenvalue weighted by molar-refractivity contribution is 4.78. The molecule has 0 radical (unpaired) electrons. The average molecular weight is 198 g/mol. The summed E-state index contributed by atoms with van der Waals surface area (Å²) in [6.45, 7) is 13.4. The highest BCUT2D eigenvalue weighted by atomic mass is 15.4. The minimum atomic E-state index is 0.827. The zero-order chi connectivity index (χ0) is 10.9. The Bertz CT molecular complexity index is 190. The van der Waals surface area contributed by atoms with Crippen molar-refractivity contribution in [1.82, 2.24) is 0 Å². The fourth-order valence-electron chi connectivity index (χ4n) is 3.31. The first-order valence-corrected chi connectivity index (χ1v) is 6.28. The molecule has 0 aromatic carbocycles. The van der Waals surface area contributed by atoms with Gasteiger partial charge in [0.25, 0.3) is 0 Å². The van der Waals surface area contributed by atoms with Gasteiger partial charge in [-0.05, 0) is 26.2 Å². The predicted octanol–water partition coefficient (Wildman–Crippen LogP) is 3.30. The van der Waals surface area contributed by atoms with Crippen LogP contribution in [0.3, 0.4) is 0 Å². The third-order valence-corrected chi connectivity index (χ3v) is 5.01. The van der Waals surface area contributed by atoms with Crippen molar-refractivity contribution in [3.05, 3.63) is 0 Å². The van der Waals surface area contributed by atoms with Crippen LogP contribution in [0.5, 0.6) is 0 Å². The van der Waals surface area contributed by atoms with Crippen molar-refractivity contribution in [2.45, 2.75) is 59.5 Å². The van der Waals surface area contributed by atoms with Gasteiger partial charge in [-0.1, -0.05) is 20.8 Å². The largest absolute Gasteiger partial charge is 0.321 e. The molecule has 1 saturated heterocycles. The second-order valence-electron chi connectivity index (χ2n) is 5.73. The highest BCUT2D eigenvalue weighted by Gasteiger charge is 2.44. The summed E-state index contributed by atoms with van der Waals surface area (Å²) in [5.41, 5.74) is 0. The number of rotatable bonds is 2. The maximum atomic E-state index is 2.46. The number of hydrogen-bond donors (Lipinski definition) is 0. The lowest BCUT2D eigenvalue weighted by atomic mass is 9.78. The minimum absolute atomic E-state index is 0.827. The topological polar surface area (TPSA) is 0 Å². The molecule has 0 N–H and O–H groups in total. The van der Waals surface area contributed by atoms with Crippen molar-refractivity contribution in [3.8, 4) is 0 Å². The van der Waals surface area contributed by atoms with Crippen molar-refractivity contribution in [2.24, 2.45) is 11.8 Å². The summed E-state index contributed by atoms with van der Waals surface area (Å²) < 4.78 is 1.29. The number of hydrogen-bond acceptors (Lipinski definition) is 0. The molecule has 1 heterocycles. The molecular weight excluding hydrogens is 170 g/mol. The minimum Gasteiger partial charge on any atom is -0.321 e. The van der Waals surface area contributed by atoms with E-state index in [1.807, 2.05) is 0 Å². The molecule has 1 aliphatic rings. The van der Waals surface area contributed by atoms with Crippen LogP contribution in [0.1, 0.15) is 47.5 Å². The molecular formula is C13H28N+. The first-order chi connectivity index (χ1) is 6.43. The first-order valence-electron chi connectivity index (χ1n) is 6.28. The van der Waals surface area contributed by atoms with Gasteiger partial charge in [-0.2, -0.15) is 0 Å². The van der Waals surface area contributed by atoms with E-state index in [9.17, 15) is 0 Å². The second-order valence-corrected chi connectivity index (χ2v) is 5.73. The molecule has 0 saturated carbocycles. The Balaban J connectivity index is 2.82. The fourth-order valence-corrected chi connectivity index (χ4v) is 3.31. The monoisotopic (exact) mass is 198 g/mol. The normalized spacial score (nSPS) is 49.3. The van der Waals surface area contributed by atoms with Crippen LogP contribution >= 0.6 is 0 Å². The van der Waals surface area contributed by atoms with E-state index in [2.05, 4.69) is 41.7 Å². The van der Waals surface area contributed by atoms with Gasteiger partial charge in [-0.3, -0.25) is 0 Å². The SMILES string of the molecule is CCC[N+]1(C)C(C)CC(C)C(C)C1C. The predicted molar refractivity (Wildman–Crippen MR) is 63.2 cm³/mol. The van der Waals surface area contributed by atoms with Gasteiger partial charge in [0.2, 0.25) is 0 Å². The second kappa shape index (κ2) is 4.22. The van der Waals surface area contributed by atoms with Gasteiger partial charge >= 0.3 is 0 Å². The zero-order valence-electron chi connectivity index (χ0n) is 10.9. The third-order valence-electron chi connectivity index (χ3n) is 5.01. The van der Waals surface area contributed by atoms with E-state index in [1.54, 1.807) is 0 Å². The molecule has 1 heteroatoms. The molecule has 0 spiro atoms. The van der Waals surface area contributed by atoms with Crippen molar-refractivity contribution in [3.63, 3.8) is 0 Å². The van der Waals surface area contributed by atoms with Crippen molar-refractivity contribution < 1.29 is 4.48 Å². The smallest absolute Gasteiger partial charge is 0.0890 e. The van der Waals surface area contributed by atoms with E-state index in [-0.39, 0.29) is 0 Å². The molecule has 0 aliphatic carbocycles. The van der Waals surface area contributed by atoms with Crippen LogP contribution in [0.2, 0.25) is 0 Å². The van der Waals surface area contributed by atoms with Crippen LogP contribution in [0.25, 0.3) is 0 Å². The Morgan fingerprint density at radius 3 is 2.21 bits per heavy atom. The van der Waals surface area contributed by atoms with Crippen molar-refractivity contribution >= 4 is 0 Å². The van der Waals surface area contributed by atoms with E-state index < -0.39 is 0 Å². The lowest BCUT2D eigenvalue weighted by molar-refractivity contribution is -0.963.